The fourth-order valence-corrected chi connectivity index (χ4v) is 10.8. The van der Waals surface area contributed by atoms with Crippen molar-refractivity contribution in [2.45, 2.75) is 130 Å². The second-order valence-electron chi connectivity index (χ2n) is 15.6. The van der Waals surface area contributed by atoms with E-state index in [1.54, 1.807) is 5.57 Å². The Bertz CT molecular complexity index is 1080. The van der Waals surface area contributed by atoms with Gasteiger partial charge in [-0.2, -0.15) is 0 Å². The summed E-state index contributed by atoms with van der Waals surface area (Å²) in [5, 5.41) is 3.18. The Hall–Kier alpha value is -1.77. The third kappa shape index (κ3) is 5.17. The van der Waals surface area contributed by atoms with Crippen molar-refractivity contribution >= 4 is 6.09 Å². The highest BCUT2D eigenvalue weighted by Crippen LogP contribution is 2.67. The molecular weight excluding hydrogens is 490 g/mol. The molecule has 0 bridgehead atoms. The average molecular weight is 546 g/mol. The van der Waals surface area contributed by atoms with Crippen molar-refractivity contribution < 1.29 is 9.53 Å². The molecule has 3 nitrogen and oxygen atoms in total. The lowest BCUT2D eigenvalue weighted by Crippen LogP contribution is -2.51. The second-order valence-corrected chi connectivity index (χ2v) is 15.6. The van der Waals surface area contributed by atoms with Gasteiger partial charge in [0.1, 0.15) is 6.10 Å². The summed E-state index contributed by atoms with van der Waals surface area (Å²) in [5.41, 5.74) is 5.17. The Morgan fingerprint density at radius 2 is 1.70 bits per heavy atom. The zero-order valence-electron chi connectivity index (χ0n) is 26.0. The zero-order valence-corrected chi connectivity index (χ0v) is 26.0. The van der Waals surface area contributed by atoms with Crippen LogP contribution in [0.3, 0.4) is 0 Å². The zero-order chi connectivity index (χ0) is 28.1. The van der Waals surface area contributed by atoms with Crippen molar-refractivity contribution in [2.24, 2.45) is 46.3 Å². The van der Waals surface area contributed by atoms with E-state index in [1.165, 1.54) is 68.9 Å². The second kappa shape index (κ2) is 11.1. The summed E-state index contributed by atoms with van der Waals surface area (Å²) >= 11 is 0. The number of fused-ring (bicyclic) bond motifs is 6. The van der Waals surface area contributed by atoms with Crippen molar-refractivity contribution in [2.75, 3.05) is 0 Å². The molecule has 3 unspecified atom stereocenters. The predicted molar refractivity (Wildman–Crippen MR) is 164 cm³/mol. The van der Waals surface area contributed by atoms with Crippen LogP contribution in [0.2, 0.25) is 0 Å². The van der Waals surface area contributed by atoms with Gasteiger partial charge >= 0.3 is 6.09 Å². The molecule has 220 valence electrons. The number of nitrogens with one attached hydrogen (secondary N) is 1. The van der Waals surface area contributed by atoms with Gasteiger partial charge in [0.2, 0.25) is 0 Å². The minimum atomic E-state index is -0.214. The third-order valence-electron chi connectivity index (χ3n) is 12.9. The van der Waals surface area contributed by atoms with Crippen LogP contribution >= 0.6 is 0 Å². The molecule has 8 atom stereocenters. The summed E-state index contributed by atoms with van der Waals surface area (Å²) in [6.45, 7) is 12.6. The van der Waals surface area contributed by atoms with E-state index in [-0.39, 0.29) is 18.2 Å². The molecule has 0 spiro atoms. The van der Waals surface area contributed by atoms with Crippen LogP contribution in [-0.4, -0.2) is 18.2 Å². The van der Waals surface area contributed by atoms with E-state index in [0.717, 1.165) is 61.2 Å². The molecule has 3 heteroatoms. The van der Waals surface area contributed by atoms with Crippen LogP contribution in [0.4, 0.5) is 4.79 Å². The molecule has 1 aromatic rings. The molecule has 1 aromatic carbocycles. The highest BCUT2D eigenvalue weighted by Gasteiger charge is 2.59. The number of benzene rings is 1. The highest BCUT2D eigenvalue weighted by molar-refractivity contribution is 5.68. The maximum atomic E-state index is 12.9. The summed E-state index contributed by atoms with van der Waals surface area (Å²) in [6, 6.07) is 8.71. The van der Waals surface area contributed by atoms with Gasteiger partial charge in [-0.25, -0.2) is 4.79 Å². The molecule has 0 heterocycles. The fourth-order valence-electron chi connectivity index (χ4n) is 10.8. The van der Waals surface area contributed by atoms with Crippen molar-refractivity contribution in [3.8, 4) is 0 Å². The first-order valence-electron chi connectivity index (χ1n) is 16.9. The molecule has 40 heavy (non-hydrogen) atoms. The van der Waals surface area contributed by atoms with E-state index in [2.05, 4.69) is 70.3 Å². The predicted octanol–water partition coefficient (Wildman–Crippen LogP) is 9.29. The van der Waals surface area contributed by atoms with Crippen molar-refractivity contribution in [1.82, 2.24) is 5.32 Å². The molecule has 0 radical (unpaired) electrons. The molecule has 0 saturated heterocycles. The van der Waals surface area contributed by atoms with Gasteiger partial charge < -0.3 is 10.1 Å². The lowest BCUT2D eigenvalue weighted by atomic mass is 9.47. The molecule has 0 aromatic heterocycles. The van der Waals surface area contributed by atoms with E-state index in [0.29, 0.717) is 10.8 Å². The molecule has 3 saturated carbocycles. The van der Waals surface area contributed by atoms with Gasteiger partial charge in [0, 0.05) is 12.5 Å². The van der Waals surface area contributed by atoms with Crippen LogP contribution in [0, 0.1) is 46.3 Å². The number of hydrogen-bond donors (Lipinski definition) is 1. The minimum Gasteiger partial charge on any atom is -0.446 e. The Labute approximate surface area is 244 Å². The summed E-state index contributed by atoms with van der Waals surface area (Å²) in [6.07, 6.45) is 18.6. The number of allylic oxidation sites excluding steroid dienone is 1. The molecule has 1 amide bonds. The normalized spacial score (nSPS) is 37.6. The quantitative estimate of drug-likeness (QED) is 0.347. The standard InChI is InChI=1S/C37H55NO2/c1-24(2)9-8-10-25(3)32-15-16-33-31-14-13-28-23-30(17-19-36(28,4)34(31)18-20-37(32,33)5)40-35(39)38-29-21-26-11-6-7-12-27(26)22-29/h6-7,11-13,24-25,29-34H,8-10,14-23H2,1-5H3,(H,38,39)/t25-,30+,31+,32?,33?,34?,36+,37-/m1/s1. The van der Waals surface area contributed by atoms with Crippen LogP contribution < -0.4 is 5.32 Å². The Balaban J connectivity index is 1.06. The van der Waals surface area contributed by atoms with Crippen LogP contribution in [0.25, 0.3) is 0 Å². The largest absolute Gasteiger partial charge is 0.446 e. The van der Waals surface area contributed by atoms with E-state index < -0.39 is 0 Å². The SMILES string of the molecule is CC(C)CCC[C@@H](C)C1CCC2[C@@H]3CC=C4C[C@@H](OC(=O)NC5Cc6ccccc6C5)CC[C@]4(C)C3CC[C@@]21C. The monoisotopic (exact) mass is 545 g/mol. The fraction of sp³-hybridized carbons (Fsp3) is 0.757. The molecular formula is C37H55NO2. The molecule has 0 aliphatic heterocycles. The van der Waals surface area contributed by atoms with Gasteiger partial charge in [0.15, 0.2) is 0 Å². The van der Waals surface area contributed by atoms with Crippen molar-refractivity contribution in [3.05, 3.63) is 47.0 Å². The summed E-state index contributed by atoms with van der Waals surface area (Å²) < 4.78 is 6.06. The summed E-state index contributed by atoms with van der Waals surface area (Å²) in [5.74, 6) is 5.18. The number of ether oxygens (including phenoxy) is 1. The lowest BCUT2D eigenvalue weighted by Gasteiger charge is -2.58. The first-order chi connectivity index (χ1) is 19.2. The lowest BCUT2D eigenvalue weighted by molar-refractivity contribution is -0.0582. The molecule has 5 aliphatic carbocycles. The van der Waals surface area contributed by atoms with E-state index in [1.807, 2.05) is 0 Å². The molecule has 5 aliphatic rings. The van der Waals surface area contributed by atoms with E-state index >= 15 is 0 Å². The Morgan fingerprint density at radius 1 is 0.950 bits per heavy atom. The summed E-state index contributed by atoms with van der Waals surface area (Å²) in [7, 11) is 0. The number of amides is 1. The van der Waals surface area contributed by atoms with Crippen molar-refractivity contribution in [3.63, 3.8) is 0 Å². The maximum Gasteiger partial charge on any atom is 0.407 e. The molecule has 1 N–H and O–H groups in total. The van der Waals surface area contributed by atoms with Crippen LogP contribution in [0.1, 0.15) is 116 Å². The third-order valence-corrected chi connectivity index (χ3v) is 12.9. The molecule has 6 rings (SSSR count). The van der Waals surface area contributed by atoms with Gasteiger partial charge in [0.25, 0.3) is 0 Å². The number of carbonyl (C=O) groups is 1. The number of carbonyl (C=O) groups excluding carboxylic acids is 1. The van der Waals surface area contributed by atoms with Gasteiger partial charge in [-0.3, -0.25) is 0 Å². The van der Waals surface area contributed by atoms with Gasteiger partial charge in [-0.1, -0.05) is 89.8 Å². The van der Waals surface area contributed by atoms with Crippen molar-refractivity contribution in [1.29, 1.82) is 0 Å². The van der Waals surface area contributed by atoms with E-state index in [4.69, 9.17) is 4.74 Å². The summed E-state index contributed by atoms with van der Waals surface area (Å²) in [4.78, 5) is 12.9. The minimum absolute atomic E-state index is 0.0241. The van der Waals surface area contributed by atoms with Gasteiger partial charge in [-0.15, -0.1) is 0 Å². The first-order valence-corrected chi connectivity index (χ1v) is 16.9. The van der Waals surface area contributed by atoms with E-state index in [9.17, 15) is 4.79 Å². The Kier molecular flexibility index (Phi) is 7.90. The van der Waals surface area contributed by atoms with Crippen LogP contribution in [-0.2, 0) is 17.6 Å². The van der Waals surface area contributed by atoms with Gasteiger partial charge in [0.05, 0.1) is 0 Å². The topological polar surface area (TPSA) is 38.3 Å². The average Bonchev–Trinajstić information content (AvgIpc) is 3.48. The smallest absolute Gasteiger partial charge is 0.407 e. The molecule has 3 fully saturated rings. The highest BCUT2D eigenvalue weighted by atomic mass is 16.6. The van der Waals surface area contributed by atoms with Crippen LogP contribution in [0.15, 0.2) is 35.9 Å². The number of rotatable bonds is 7. The number of hydrogen-bond acceptors (Lipinski definition) is 2. The Morgan fingerprint density at radius 3 is 2.42 bits per heavy atom. The first kappa shape index (κ1) is 28.4. The van der Waals surface area contributed by atoms with Crippen LogP contribution in [0.5, 0.6) is 0 Å². The maximum absolute atomic E-state index is 12.9. The van der Waals surface area contributed by atoms with Gasteiger partial charge in [-0.05, 0) is 115 Å². The number of alkyl carbamates (subject to hydrolysis) is 1.